The van der Waals surface area contributed by atoms with E-state index in [-0.39, 0.29) is 6.61 Å². The maximum absolute atomic E-state index is 9.14. The van der Waals surface area contributed by atoms with Crippen molar-refractivity contribution in [2.24, 2.45) is 0 Å². The first-order valence-electron chi connectivity index (χ1n) is 5.55. The lowest BCUT2D eigenvalue weighted by molar-refractivity contribution is 0.281. The van der Waals surface area contributed by atoms with Crippen LogP contribution >= 0.6 is 0 Å². The molecule has 4 nitrogen and oxygen atoms in total. The normalized spacial score (nSPS) is 10.6. The van der Waals surface area contributed by atoms with Gasteiger partial charge in [0.15, 0.2) is 0 Å². The number of benzene rings is 1. The molecule has 0 saturated carbocycles. The summed E-state index contributed by atoms with van der Waals surface area (Å²) in [5.74, 6) is 0. The van der Waals surface area contributed by atoms with E-state index in [1.807, 2.05) is 51.5 Å². The molecule has 1 N–H and O–H groups in total. The summed E-state index contributed by atoms with van der Waals surface area (Å²) < 4.78 is 1.79. The van der Waals surface area contributed by atoms with Crippen molar-refractivity contribution < 1.29 is 5.11 Å². The Hall–Kier alpha value is -1.81. The Labute approximate surface area is 101 Å². The summed E-state index contributed by atoms with van der Waals surface area (Å²) in [6.07, 6.45) is 1.86. The summed E-state index contributed by atoms with van der Waals surface area (Å²) in [5, 5.41) is 13.5. The third-order valence-electron chi connectivity index (χ3n) is 2.80. The van der Waals surface area contributed by atoms with E-state index in [1.165, 1.54) is 0 Å². The Bertz CT molecular complexity index is 500. The van der Waals surface area contributed by atoms with Crippen LogP contribution in [0.15, 0.2) is 30.5 Å². The highest BCUT2D eigenvalue weighted by molar-refractivity contribution is 5.49. The number of aliphatic hydroxyl groups is 1. The lowest BCUT2D eigenvalue weighted by Gasteiger charge is -2.12. The van der Waals surface area contributed by atoms with Crippen LogP contribution in [-0.4, -0.2) is 29.0 Å². The quantitative estimate of drug-likeness (QED) is 0.874. The topological polar surface area (TPSA) is 41.3 Å². The molecule has 0 spiro atoms. The van der Waals surface area contributed by atoms with Gasteiger partial charge in [0.1, 0.15) is 0 Å². The molecule has 0 bridgehead atoms. The molecule has 0 radical (unpaired) electrons. The molecule has 0 aliphatic rings. The average molecular weight is 231 g/mol. The van der Waals surface area contributed by atoms with Crippen LogP contribution in [-0.2, 0) is 6.61 Å². The predicted octanol–water partition coefficient (Wildman–Crippen LogP) is 1.74. The molecule has 0 atom stereocenters. The first-order chi connectivity index (χ1) is 8.11. The van der Waals surface area contributed by atoms with Crippen LogP contribution in [0, 0.1) is 6.92 Å². The molecule has 1 aromatic heterocycles. The van der Waals surface area contributed by atoms with E-state index in [1.54, 1.807) is 4.68 Å². The molecule has 2 aromatic rings. The fraction of sp³-hybridized carbons (Fsp3) is 0.308. The number of aromatic nitrogens is 2. The molecular formula is C13H17N3O. The second kappa shape index (κ2) is 4.59. The minimum atomic E-state index is 0.0294. The first-order valence-corrected chi connectivity index (χ1v) is 5.55. The monoisotopic (exact) mass is 231 g/mol. The van der Waals surface area contributed by atoms with E-state index in [0.717, 1.165) is 22.6 Å². The van der Waals surface area contributed by atoms with Gasteiger partial charge in [-0.05, 0) is 31.2 Å². The van der Waals surface area contributed by atoms with E-state index in [4.69, 9.17) is 5.11 Å². The number of aryl methyl sites for hydroxylation is 1. The van der Waals surface area contributed by atoms with Gasteiger partial charge in [-0.1, -0.05) is 0 Å². The fourth-order valence-electron chi connectivity index (χ4n) is 1.69. The summed E-state index contributed by atoms with van der Waals surface area (Å²) in [4.78, 5) is 2.05. The molecule has 0 aliphatic carbocycles. The minimum absolute atomic E-state index is 0.0294. The highest BCUT2D eigenvalue weighted by Crippen LogP contribution is 2.16. The van der Waals surface area contributed by atoms with Crippen LogP contribution in [0.25, 0.3) is 5.69 Å². The molecular weight excluding hydrogens is 214 g/mol. The van der Waals surface area contributed by atoms with E-state index >= 15 is 0 Å². The zero-order valence-corrected chi connectivity index (χ0v) is 10.4. The Kier molecular flexibility index (Phi) is 3.15. The van der Waals surface area contributed by atoms with Gasteiger partial charge in [-0.15, -0.1) is 0 Å². The smallest absolute Gasteiger partial charge is 0.0715 e. The van der Waals surface area contributed by atoms with Crippen LogP contribution in [0.2, 0.25) is 0 Å². The van der Waals surface area contributed by atoms with Crippen molar-refractivity contribution in [3.8, 4) is 5.69 Å². The SMILES string of the molecule is Cc1nn(-c2ccc(N(C)C)cc2)cc1CO. The highest BCUT2D eigenvalue weighted by atomic mass is 16.3. The van der Waals surface area contributed by atoms with Crippen molar-refractivity contribution >= 4 is 5.69 Å². The summed E-state index contributed by atoms with van der Waals surface area (Å²) in [5.41, 5.74) is 3.88. The van der Waals surface area contributed by atoms with Crippen LogP contribution in [0.5, 0.6) is 0 Å². The van der Waals surface area contributed by atoms with Crippen LogP contribution in [0.1, 0.15) is 11.3 Å². The molecule has 1 heterocycles. The van der Waals surface area contributed by atoms with E-state index < -0.39 is 0 Å². The van der Waals surface area contributed by atoms with Gasteiger partial charge in [0.25, 0.3) is 0 Å². The van der Waals surface area contributed by atoms with Gasteiger partial charge in [0.05, 0.1) is 18.0 Å². The Balaban J connectivity index is 2.33. The Morgan fingerprint density at radius 1 is 1.24 bits per heavy atom. The average Bonchev–Trinajstić information content (AvgIpc) is 2.70. The Morgan fingerprint density at radius 3 is 2.35 bits per heavy atom. The van der Waals surface area contributed by atoms with Gasteiger partial charge in [-0.25, -0.2) is 4.68 Å². The van der Waals surface area contributed by atoms with Crippen molar-refractivity contribution in [3.63, 3.8) is 0 Å². The predicted molar refractivity (Wildman–Crippen MR) is 68.6 cm³/mol. The van der Waals surface area contributed by atoms with Crippen LogP contribution < -0.4 is 4.90 Å². The lowest BCUT2D eigenvalue weighted by atomic mass is 10.2. The van der Waals surface area contributed by atoms with Gasteiger partial charge >= 0.3 is 0 Å². The van der Waals surface area contributed by atoms with E-state index in [2.05, 4.69) is 10.00 Å². The summed E-state index contributed by atoms with van der Waals surface area (Å²) in [6.45, 7) is 1.93. The molecule has 0 fully saturated rings. The maximum Gasteiger partial charge on any atom is 0.0715 e. The molecule has 2 rings (SSSR count). The third kappa shape index (κ3) is 2.31. The largest absolute Gasteiger partial charge is 0.392 e. The number of rotatable bonds is 3. The number of hydrogen-bond acceptors (Lipinski definition) is 3. The summed E-state index contributed by atoms with van der Waals surface area (Å²) in [6, 6.07) is 8.13. The number of anilines is 1. The van der Waals surface area contributed by atoms with Crippen LogP contribution in [0.4, 0.5) is 5.69 Å². The molecule has 0 aliphatic heterocycles. The summed E-state index contributed by atoms with van der Waals surface area (Å²) >= 11 is 0. The van der Waals surface area contributed by atoms with Crippen molar-refractivity contribution in [1.82, 2.24) is 9.78 Å². The summed E-state index contributed by atoms with van der Waals surface area (Å²) in [7, 11) is 4.02. The van der Waals surface area contributed by atoms with Gasteiger partial charge in [0, 0.05) is 31.5 Å². The van der Waals surface area contributed by atoms with Gasteiger partial charge in [0.2, 0.25) is 0 Å². The standard InChI is InChI=1S/C13H17N3O/c1-10-11(9-17)8-16(14-10)13-6-4-12(5-7-13)15(2)3/h4-8,17H,9H2,1-3H3. The number of aliphatic hydroxyl groups excluding tert-OH is 1. The Morgan fingerprint density at radius 2 is 1.88 bits per heavy atom. The molecule has 0 amide bonds. The minimum Gasteiger partial charge on any atom is -0.392 e. The molecule has 0 saturated heterocycles. The lowest BCUT2D eigenvalue weighted by Crippen LogP contribution is -2.08. The first kappa shape index (κ1) is 11.7. The molecule has 4 heteroatoms. The second-order valence-corrected chi connectivity index (χ2v) is 4.25. The third-order valence-corrected chi connectivity index (χ3v) is 2.80. The molecule has 1 aromatic carbocycles. The van der Waals surface area contributed by atoms with Gasteiger partial charge in [-0.3, -0.25) is 0 Å². The second-order valence-electron chi connectivity index (χ2n) is 4.25. The maximum atomic E-state index is 9.14. The van der Waals surface area contributed by atoms with Crippen LogP contribution in [0.3, 0.4) is 0 Å². The highest BCUT2D eigenvalue weighted by Gasteiger charge is 2.05. The zero-order valence-electron chi connectivity index (χ0n) is 10.4. The van der Waals surface area contributed by atoms with Crippen molar-refractivity contribution in [1.29, 1.82) is 0 Å². The van der Waals surface area contributed by atoms with Crippen molar-refractivity contribution in [2.45, 2.75) is 13.5 Å². The van der Waals surface area contributed by atoms with E-state index in [9.17, 15) is 0 Å². The van der Waals surface area contributed by atoms with Crippen molar-refractivity contribution in [2.75, 3.05) is 19.0 Å². The number of nitrogens with zero attached hydrogens (tertiary/aromatic N) is 3. The van der Waals surface area contributed by atoms with E-state index in [0.29, 0.717) is 0 Å². The zero-order chi connectivity index (χ0) is 12.4. The van der Waals surface area contributed by atoms with Gasteiger partial charge in [-0.2, -0.15) is 5.10 Å². The fourth-order valence-corrected chi connectivity index (χ4v) is 1.69. The number of hydrogen-bond donors (Lipinski definition) is 1. The van der Waals surface area contributed by atoms with Crippen molar-refractivity contribution in [3.05, 3.63) is 41.7 Å². The van der Waals surface area contributed by atoms with Gasteiger partial charge < -0.3 is 10.0 Å². The molecule has 17 heavy (non-hydrogen) atoms. The molecule has 0 unspecified atom stereocenters. The molecule has 90 valence electrons.